The van der Waals surface area contributed by atoms with Crippen LogP contribution in [0.15, 0.2) is 72.8 Å². The van der Waals surface area contributed by atoms with Crippen LogP contribution in [-0.2, 0) is 5.41 Å². The molecule has 44 heavy (non-hydrogen) atoms. The number of carboxylic acid groups (broad SMARTS) is 1. The van der Waals surface area contributed by atoms with E-state index < -0.39 is 5.97 Å². The lowest BCUT2D eigenvalue weighted by Gasteiger charge is -2.46. The van der Waals surface area contributed by atoms with E-state index in [-0.39, 0.29) is 16.9 Å². The number of carbonyl (C=O) groups excluding carboxylic acids is 1. The third kappa shape index (κ3) is 5.21. The van der Waals surface area contributed by atoms with Gasteiger partial charge >= 0.3 is 5.97 Å². The Balaban J connectivity index is 1.07. The molecule has 3 atom stereocenters. The van der Waals surface area contributed by atoms with Crippen molar-refractivity contribution in [3.63, 3.8) is 0 Å². The van der Waals surface area contributed by atoms with Gasteiger partial charge in [0, 0.05) is 36.8 Å². The molecule has 0 aliphatic carbocycles. The van der Waals surface area contributed by atoms with Crippen LogP contribution in [0.4, 0.5) is 0 Å². The van der Waals surface area contributed by atoms with Gasteiger partial charge in [0.05, 0.1) is 16.6 Å². The molecule has 7 rings (SSSR count). The highest BCUT2D eigenvalue weighted by Crippen LogP contribution is 2.45. The number of aromatic carboxylic acids is 1. The van der Waals surface area contributed by atoms with E-state index in [4.69, 9.17) is 4.98 Å². The number of carboxylic acids is 1. The number of hydrogen-bond donors (Lipinski definition) is 1. The van der Waals surface area contributed by atoms with Gasteiger partial charge in [0.25, 0.3) is 5.91 Å². The van der Waals surface area contributed by atoms with Gasteiger partial charge in [-0.15, -0.1) is 0 Å². The zero-order valence-corrected chi connectivity index (χ0v) is 25.8. The fourth-order valence-corrected chi connectivity index (χ4v) is 8.55. The van der Waals surface area contributed by atoms with E-state index in [0.717, 1.165) is 37.1 Å². The van der Waals surface area contributed by atoms with Crippen molar-refractivity contribution >= 4 is 22.9 Å². The van der Waals surface area contributed by atoms with E-state index in [1.165, 1.54) is 54.5 Å². The molecule has 1 aromatic heterocycles. The number of amides is 1. The Bertz CT molecular complexity index is 1690. The molecule has 3 aromatic carbocycles. The number of aryl methyl sites for hydroxylation is 2. The van der Waals surface area contributed by atoms with Gasteiger partial charge in [-0.1, -0.05) is 48.0 Å². The fraction of sp³-hybridized carbons (Fsp3) is 0.432. The van der Waals surface area contributed by atoms with Crippen molar-refractivity contribution < 1.29 is 14.7 Å². The van der Waals surface area contributed by atoms with Crippen LogP contribution in [0.2, 0.25) is 0 Å². The molecule has 4 heterocycles. The van der Waals surface area contributed by atoms with E-state index in [1.54, 1.807) is 12.1 Å². The molecule has 0 radical (unpaired) electrons. The average molecular weight is 591 g/mol. The van der Waals surface area contributed by atoms with Gasteiger partial charge in [0.15, 0.2) is 0 Å². The molecule has 1 amide bonds. The summed E-state index contributed by atoms with van der Waals surface area (Å²) in [5.74, 6) is 0.0371. The molecule has 228 valence electrons. The number of para-hydroxylation sites is 2. The van der Waals surface area contributed by atoms with Crippen molar-refractivity contribution in [2.24, 2.45) is 0 Å². The lowest BCUT2D eigenvalue weighted by atomic mass is 9.70. The molecule has 0 saturated carbocycles. The van der Waals surface area contributed by atoms with Gasteiger partial charge in [-0.3, -0.25) is 9.69 Å². The van der Waals surface area contributed by atoms with E-state index in [2.05, 4.69) is 71.8 Å². The van der Waals surface area contributed by atoms with Crippen molar-refractivity contribution in [2.45, 2.75) is 82.3 Å². The topological polar surface area (TPSA) is 78.7 Å². The molecule has 3 saturated heterocycles. The molecule has 3 fully saturated rings. The van der Waals surface area contributed by atoms with E-state index >= 15 is 0 Å². The summed E-state index contributed by atoms with van der Waals surface area (Å²) in [6.07, 6.45) is 7.78. The van der Waals surface area contributed by atoms with Crippen molar-refractivity contribution in [3.05, 3.63) is 101 Å². The van der Waals surface area contributed by atoms with E-state index in [9.17, 15) is 14.7 Å². The smallest absolute Gasteiger partial charge is 0.335 e. The van der Waals surface area contributed by atoms with Gasteiger partial charge < -0.3 is 14.6 Å². The van der Waals surface area contributed by atoms with E-state index in [0.29, 0.717) is 36.8 Å². The van der Waals surface area contributed by atoms with Crippen molar-refractivity contribution in [3.8, 4) is 0 Å². The standard InChI is InChI=1S/C37H42N4O3/c1-25-7-5-10-29(21-25)37(15-18-39(19-16-37)35(42)27-8-6-9-28(22-27)36(43)44)17-20-40-30-13-14-31(40)24-32(23-30)41-26(2)38-33-11-3-4-12-34(33)41/h3-12,21-22,30-32H,13-20,23-24H2,1-2H3,(H,43,44)/t30-,31+,32?. The summed E-state index contributed by atoms with van der Waals surface area (Å²) >= 11 is 0. The maximum atomic E-state index is 13.4. The van der Waals surface area contributed by atoms with Gasteiger partial charge in [-0.05, 0) is 107 Å². The molecule has 0 spiro atoms. The van der Waals surface area contributed by atoms with Crippen LogP contribution in [0.5, 0.6) is 0 Å². The number of fused-ring (bicyclic) bond motifs is 3. The summed E-state index contributed by atoms with van der Waals surface area (Å²) in [5.41, 5.74) is 5.63. The molecule has 4 aromatic rings. The highest BCUT2D eigenvalue weighted by Gasteiger charge is 2.44. The number of carbonyl (C=O) groups is 2. The molecule has 1 unspecified atom stereocenters. The minimum absolute atomic E-state index is 0.0130. The number of piperidine rings is 2. The maximum Gasteiger partial charge on any atom is 0.335 e. The Hall–Kier alpha value is -3.97. The van der Waals surface area contributed by atoms with Crippen LogP contribution in [0, 0.1) is 13.8 Å². The average Bonchev–Trinajstić information content (AvgIpc) is 3.50. The van der Waals surface area contributed by atoms with Crippen LogP contribution in [0.3, 0.4) is 0 Å². The van der Waals surface area contributed by atoms with Crippen LogP contribution < -0.4 is 0 Å². The summed E-state index contributed by atoms with van der Waals surface area (Å²) < 4.78 is 2.51. The summed E-state index contributed by atoms with van der Waals surface area (Å²) in [6, 6.07) is 25.6. The summed E-state index contributed by atoms with van der Waals surface area (Å²) in [4.78, 5) is 34.5. The lowest BCUT2D eigenvalue weighted by Crippen LogP contribution is -2.49. The Morgan fingerprint density at radius 1 is 0.864 bits per heavy atom. The maximum absolute atomic E-state index is 13.4. The molecular weight excluding hydrogens is 548 g/mol. The highest BCUT2D eigenvalue weighted by atomic mass is 16.4. The fourth-order valence-electron chi connectivity index (χ4n) is 8.55. The van der Waals surface area contributed by atoms with Crippen LogP contribution >= 0.6 is 0 Å². The molecule has 7 heteroatoms. The van der Waals surface area contributed by atoms with Crippen molar-refractivity contribution in [1.82, 2.24) is 19.4 Å². The van der Waals surface area contributed by atoms with Crippen molar-refractivity contribution in [2.75, 3.05) is 19.6 Å². The minimum atomic E-state index is -1.01. The quantitative estimate of drug-likeness (QED) is 0.257. The SMILES string of the molecule is Cc1cccc(C2(CCN3[C@@H]4CC[C@H]3CC(n3c(C)nc5ccccc53)C4)CCN(C(=O)c3cccc(C(=O)O)c3)CC2)c1. The first-order valence-corrected chi connectivity index (χ1v) is 16.2. The summed E-state index contributed by atoms with van der Waals surface area (Å²) in [7, 11) is 0. The number of hydrogen-bond acceptors (Lipinski definition) is 4. The van der Waals surface area contributed by atoms with Gasteiger partial charge in [-0.25, -0.2) is 9.78 Å². The third-order valence-corrected chi connectivity index (χ3v) is 10.8. The number of benzene rings is 3. The lowest BCUT2D eigenvalue weighted by molar-refractivity contribution is 0.0607. The van der Waals surface area contributed by atoms with Crippen LogP contribution in [-0.4, -0.2) is 68.1 Å². The Kier molecular flexibility index (Phi) is 7.53. The number of rotatable bonds is 7. The third-order valence-electron chi connectivity index (χ3n) is 10.8. The van der Waals surface area contributed by atoms with E-state index in [1.807, 2.05) is 4.90 Å². The Morgan fingerprint density at radius 3 is 2.30 bits per heavy atom. The second kappa shape index (κ2) is 11.5. The first-order chi connectivity index (χ1) is 21.3. The molecule has 3 aliphatic rings. The number of likely N-dealkylation sites (tertiary alicyclic amines) is 1. The van der Waals surface area contributed by atoms with Crippen LogP contribution in [0.1, 0.15) is 88.7 Å². The van der Waals surface area contributed by atoms with Gasteiger partial charge in [0.2, 0.25) is 0 Å². The minimum Gasteiger partial charge on any atom is -0.478 e. The zero-order chi connectivity index (χ0) is 30.4. The van der Waals surface area contributed by atoms with Gasteiger partial charge in [-0.2, -0.15) is 0 Å². The number of aromatic nitrogens is 2. The predicted molar refractivity (Wildman–Crippen MR) is 172 cm³/mol. The zero-order valence-electron chi connectivity index (χ0n) is 25.8. The van der Waals surface area contributed by atoms with Crippen LogP contribution in [0.25, 0.3) is 11.0 Å². The summed E-state index contributed by atoms with van der Waals surface area (Å²) in [5, 5.41) is 9.41. The molecule has 2 bridgehead atoms. The normalized spacial score (nSPS) is 23.2. The second-order valence-electron chi connectivity index (χ2n) is 13.3. The largest absolute Gasteiger partial charge is 0.478 e. The summed E-state index contributed by atoms with van der Waals surface area (Å²) in [6.45, 7) is 6.74. The number of imidazole rings is 1. The molecule has 1 N–H and O–H groups in total. The second-order valence-corrected chi connectivity index (χ2v) is 13.3. The first-order valence-electron chi connectivity index (χ1n) is 16.2. The van der Waals surface area contributed by atoms with Gasteiger partial charge in [0.1, 0.15) is 5.82 Å². The highest BCUT2D eigenvalue weighted by molar-refractivity contribution is 5.97. The Labute approximate surface area is 259 Å². The Morgan fingerprint density at radius 2 is 1.57 bits per heavy atom. The molecule has 3 aliphatic heterocycles. The van der Waals surface area contributed by atoms with Crippen molar-refractivity contribution in [1.29, 1.82) is 0 Å². The predicted octanol–water partition coefficient (Wildman–Crippen LogP) is 6.78. The number of nitrogens with zero attached hydrogens (tertiary/aromatic N) is 4. The monoisotopic (exact) mass is 590 g/mol. The first kappa shape index (κ1) is 28.8. The molecule has 7 nitrogen and oxygen atoms in total. The molecular formula is C37H42N4O3.